The molecule has 57 heavy (non-hydrogen) atoms. The van der Waals surface area contributed by atoms with E-state index < -0.39 is 29.4 Å². The van der Waals surface area contributed by atoms with Crippen molar-refractivity contribution in [1.82, 2.24) is 15.1 Å². The monoisotopic (exact) mass is 787 g/mol. The van der Waals surface area contributed by atoms with Crippen LogP contribution in [0.1, 0.15) is 78.0 Å². The van der Waals surface area contributed by atoms with Crippen molar-refractivity contribution in [2.75, 3.05) is 27.5 Å². The fraction of sp³-hybridized carbons (Fsp3) is 0.500. The molecule has 1 N–H and O–H groups in total. The van der Waals surface area contributed by atoms with Crippen LogP contribution in [0.25, 0.3) is 0 Å². The maximum Gasteiger partial charge on any atom is 0.408 e. The zero-order valence-corrected chi connectivity index (χ0v) is 34.6. The van der Waals surface area contributed by atoms with Crippen LogP contribution in [0.4, 0.5) is 4.79 Å². The lowest BCUT2D eigenvalue weighted by molar-refractivity contribution is -0.146. The summed E-state index contributed by atoms with van der Waals surface area (Å²) in [5, 5.41) is 2.84. The van der Waals surface area contributed by atoms with Gasteiger partial charge in [-0.3, -0.25) is 14.4 Å². The Morgan fingerprint density at radius 3 is 2.04 bits per heavy atom. The van der Waals surface area contributed by atoms with Gasteiger partial charge in [0.2, 0.25) is 24.9 Å². The fourth-order valence-corrected chi connectivity index (χ4v) is 6.79. The smallest absolute Gasteiger partial charge is 0.408 e. The molecule has 13 heteroatoms. The number of rotatable bonds is 17. The topological polar surface area (TPSA) is 142 Å². The van der Waals surface area contributed by atoms with Crippen LogP contribution >= 0.6 is 0 Å². The van der Waals surface area contributed by atoms with Gasteiger partial charge < -0.3 is 43.5 Å². The number of carbonyl (C=O) groups is 4. The van der Waals surface area contributed by atoms with Crippen LogP contribution in [0, 0.1) is 5.41 Å². The minimum absolute atomic E-state index is 0.0401. The van der Waals surface area contributed by atoms with Gasteiger partial charge >= 0.3 is 12.1 Å². The number of likely N-dealkylation sites (N-methyl/N-ethyl adjacent to an activating group) is 2. The minimum Gasteiger partial charge on any atom is -0.465 e. The number of ether oxygens (including phenoxy) is 6. The maximum absolute atomic E-state index is 14.0. The molecule has 0 saturated carbocycles. The lowest BCUT2D eigenvalue weighted by Crippen LogP contribution is -2.52. The number of nitrogens with zero attached hydrogens (tertiary/aromatic N) is 2. The van der Waals surface area contributed by atoms with Crippen LogP contribution in [0.2, 0.25) is 0 Å². The molecule has 4 atom stereocenters. The molecule has 2 heterocycles. The van der Waals surface area contributed by atoms with E-state index >= 15 is 0 Å². The number of esters is 1. The van der Waals surface area contributed by atoms with Gasteiger partial charge in [-0.1, -0.05) is 56.3 Å². The van der Waals surface area contributed by atoms with E-state index in [1.165, 1.54) is 6.92 Å². The SMILES string of the molecule is CC(=O)OCC(C)(C)CC(=O)N(C)C(C)Cc1ccc2c(c1)OC(CC(C)(C)OC(=O)N[C@@H](Cc1ccccc1)C(=O)N(C)C(C)Cc1ccc3c(c1)OCO3)O2. The quantitative estimate of drug-likeness (QED) is 0.151. The summed E-state index contributed by atoms with van der Waals surface area (Å²) in [6, 6.07) is 19.8. The number of hydrogen-bond donors (Lipinski definition) is 1. The Balaban J connectivity index is 1.15. The summed E-state index contributed by atoms with van der Waals surface area (Å²) in [4.78, 5) is 55.1. The van der Waals surface area contributed by atoms with Gasteiger partial charge in [0, 0.05) is 51.4 Å². The highest BCUT2D eigenvalue weighted by Gasteiger charge is 2.36. The van der Waals surface area contributed by atoms with Crippen LogP contribution in [0.5, 0.6) is 23.0 Å². The maximum atomic E-state index is 14.0. The molecule has 0 radical (unpaired) electrons. The molecule has 0 aromatic heterocycles. The average Bonchev–Trinajstić information content (AvgIpc) is 3.78. The van der Waals surface area contributed by atoms with Crippen LogP contribution in [0.15, 0.2) is 66.7 Å². The second-order valence-corrected chi connectivity index (χ2v) is 16.6. The summed E-state index contributed by atoms with van der Waals surface area (Å²) in [6.07, 6.45) is 0.440. The van der Waals surface area contributed by atoms with Crippen LogP contribution in [-0.2, 0) is 43.1 Å². The third-order valence-corrected chi connectivity index (χ3v) is 10.3. The number of amides is 3. The Morgan fingerprint density at radius 2 is 1.37 bits per heavy atom. The summed E-state index contributed by atoms with van der Waals surface area (Å²) in [6.45, 7) is 13.0. The molecule has 2 aliphatic rings. The highest BCUT2D eigenvalue weighted by atomic mass is 16.7. The van der Waals surface area contributed by atoms with Gasteiger partial charge in [-0.2, -0.15) is 0 Å². The zero-order chi connectivity index (χ0) is 41.5. The van der Waals surface area contributed by atoms with E-state index in [1.807, 2.05) is 94.4 Å². The van der Waals surface area contributed by atoms with Crippen LogP contribution in [0.3, 0.4) is 0 Å². The van der Waals surface area contributed by atoms with Crippen molar-refractivity contribution in [2.24, 2.45) is 5.41 Å². The summed E-state index contributed by atoms with van der Waals surface area (Å²) < 4.78 is 34.3. The molecular weight excluding hydrogens is 730 g/mol. The first-order chi connectivity index (χ1) is 26.9. The molecule has 3 amide bonds. The summed E-state index contributed by atoms with van der Waals surface area (Å²) >= 11 is 0. The number of benzene rings is 3. The number of fused-ring (bicyclic) bond motifs is 2. The summed E-state index contributed by atoms with van der Waals surface area (Å²) in [7, 11) is 3.51. The average molecular weight is 788 g/mol. The first kappa shape index (κ1) is 42.7. The van der Waals surface area contributed by atoms with Crippen molar-refractivity contribution in [1.29, 1.82) is 0 Å². The number of alkyl carbamates (subject to hydrolysis) is 1. The second kappa shape index (κ2) is 18.2. The number of hydrogen-bond acceptors (Lipinski definition) is 10. The Morgan fingerprint density at radius 1 is 0.772 bits per heavy atom. The van der Waals surface area contributed by atoms with E-state index in [0.29, 0.717) is 35.8 Å². The lowest BCUT2D eigenvalue weighted by Gasteiger charge is -2.31. The second-order valence-electron chi connectivity index (χ2n) is 16.6. The molecule has 0 saturated heterocycles. The van der Waals surface area contributed by atoms with Crippen molar-refractivity contribution < 1.29 is 47.6 Å². The molecule has 3 aromatic carbocycles. The predicted molar refractivity (Wildman–Crippen MR) is 213 cm³/mol. The van der Waals surface area contributed by atoms with Crippen molar-refractivity contribution in [3.8, 4) is 23.0 Å². The Hall–Kier alpha value is -5.46. The van der Waals surface area contributed by atoms with Crippen molar-refractivity contribution in [3.05, 3.63) is 83.4 Å². The van der Waals surface area contributed by atoms with Gasteiger partial charge in [0.05, 0.1) is 13.0 Å². The van der Waals surface area contributed by atoms with Gasteiger partial charge in [-0.05, 0) is 81.5 Å². The fourth-order valence-electron chi connectivity index (χ4n) is 6.79. The first-order valence-corrected chi connectivity index (χ1v) is 19.4. The van der Waals surface area contributed by atoms with E-state index in [4.69, 9.17) is 28.4 Å². The molecule has 0 fully saturated rings. The third kappa shape index (κ3) is 12.0. The molecule has 0 aliphatic carbocycles. The molecule has 0 spiro atoms. The van der Waals surface area contributed by atoms with Gasteiger partial charge in [0.1, 0.15) is 11.6 Å². The van der Waals surface area contributed by atoms with E-state index in [9.17, 15) is 19.2 Å². The minimum atomic E-state index is -1.03. The third-order valence-electron chi connectivity index (χ3n) is 10.3. The zero-order valence-electron chi connectivity index (χ0n) is 34.6. The molecule has 2 aliphatic heterocycles. The molecule has 13 nitrogen and oxygen atoms in total. The Labute approximate surface area is 335 Å². The van der Waals surface area contributed by atoms with Crippen LogP contribution < -0.4 is 24.3 Å². The highest BCUT2D eigenvalue weighted by Crippen LogP contribution is 2.38. The van der Waals surface area contributed by atoms with Gasteiger partial charge in [0.25, 0.3) is 0 Å². The normalized spacial score (nSPS) is 15.9. The van der Waals surface area contributed by atoms with Gasteiger partial charge in [0.15, 0.2) is 23.0 Å². The number of carbonyl (C=O) groups excluding carboxylic acids is 4. The molecule has 308 valence electrons. The Bertz CT molecular complexity index is 1900. The first-order valence-electron chi connectivity index (χ1n) is 19.4. The molecular formula is C44H57N3O10. The standard InChI is InChI=1S/C44H57N3O10/c1-28(46(8)39(49)24-43(4,5)26-52-30(3)48)19-33-16-18-36-38(23-33)56-40(55-36)25-44(6,7)57-42(51)45-34(21-31-13-11-10-12-14-31)41(50)47(9)29(2)20-32-15-17-35-37(22-32)54-27-53-35/h10-18,22-23,28-29,34,40H,19-21,24-27H2,1-9H3,(H,45,51)/t28?,29?,34-,40?/m0/s1. The lowest BCUT2D eigenvalue weighted by atomic mass is 9.89. The molecule has 3 unspecified atom stereocenters. The van der Waals surface area contributed by atoms with Crippen molar-refractivity contribution in [3.63, 3.8) is 0 Å². The van der Waals surface area contributed by atoms with Crippen molar-refractivity contribution in [2.45, 2.75) is 111 Å². The van der Waals surface area contributed by atoms with Crippen LogP contribution in [-0.4, -0.2) is 91.2 Å². The van der Waals surface area contributed by atoms with Gasteiger partial charge in [-0.25, -0.2) is 4.79 Å². The van der Waals surface area contributed by atoms with Crippen molar-refractivity contribution >= 4 is 23.9 Å². The Kier molecular flexibility index (Phi) is 13.6. The molecule has 0 bridgehead atoms. The summed E-state index contributed by atoms with van der Waals surface area (Å²) in [5.41, 5.74) is 1.34. The van der Waals surface area contributed by atoms with E-state index in [0.717, 1.165) is 16.7 Å². The van der Waals surface area contributed by atoms with E-state index in [-0.39, 0.29) is 62.5 Å². The predicted octanol–water partition coefficient (Wildman–Crippen LogP) is 6.48. The summed E-state index contributed by atoms with van der Waals surface area (Å²) in [5.74, 6) is 1.86. The van der Waals surface area contributed by atoms with E-state index in [2.05, 4.69) is 5.32 Å². The number of nitrogens with one attached hydrogen (secondary N) is 1. The largest absolute Gasteiger partial charge is 0.465 e. The molecule has 3 aromatic rings. The molecule has 5 rings (SSSR count). The highest BCUT2D eigenvalue weighted by molar-refractivity contribution is 5.86. The van der Waals surface area contributed by atoms with E-state index in [1.54, 1.807) is 37.7 Å². The van der Waals surface area contributed by atoms with Gasteiger partial charge in [-0.15, -0.1) is 0 Å².